The molecule has 0 radical (unpaired) electrons. The van der Waals surface area contributed by atoms with Crippen LogP contribution in [0.25, 0.3) is 16.7 Å². The fourth-order valence-corrected chi connectivity index (χ4v) is 5.62. The summed E-state index contributed by atoms with van der Waals surface area (Å²) >= 11 is 0. The number of fused-ring (bicyclic) bond motifs is 1. The van der Waals surface area contributed by atoms with Gasteiger partial charge < -0.3 is 20.7 Å². The van der Waals surface area contributed by atoms with Crippen molar-refractivity contribution in [2.75, 3.05) is 5.32 Å². The normalized spacial score (nSPS) is 21.2. The largest absolute Gasteiger partial charge is 0.463 e. The van der Waals surface area contributed by atoms with Crippen LogP contribution in [0.4, 0.5) is 10.6 Å². The van der Waals surface area contributed by atoms with Crippen LogP contribution in [0.3, 0.4) is 0 Å². The zero-order valence-corrected chi connectivity index (χ0v) is 22.2. The third-order valence-corrected chi connectivity index (χ3v) is 8.24. The molecule has 2 heterocycles. The van der Waals surface area contributed by atoms with Crippen LogP contribution in [0.2, 0.25) is 0 Å². The van der Waals surface area contributed by atoms with Gasteiger partial charge in [0, 0.05) is 18.2 Å². The maximum atomic E-state index is 11.2. The summed E-state index contributed by atoms with van der Waals surface area (Å²) in [7, 11) is 0. The minimum Gasteiger partial charge on any atom is -0.463 e. The number of nitrogens with one attached hydrogen (secondary N) is 1. The second-order valence-electron chi connectivity index (χ2n) is 11.0. The Labute approximate surface area is 223 Å². The Bertz CT molecular complexity index is 1350. The highest BCUT2D eigenvalue weighted by Gasteiger charge is 2.28. The second-order valence-corrected chi connectivity index (χ2v) is 11.0. The van der Waals surface area contributed by atoms with E-state index in [-0.39, 0.29) is 17.7 Å². The van der Waals surface area contributed by atoms with Gasteiger partial charge in [-0.3, -0.25) is 0 Å². The third kappa shape index (κ3) is 5.42. The molecule has 0 aliphatic heterocycles. The minimum atomic E-state index is -1.39. The monoisotopic (exact) mass is 515 g/mol. The second kappa shape index (κ2) is 10.9. The summed E-state index contributed by atoms with van der Waals surface area (Å²) in [6, 6.07) is 10.2. The topological polar surface area (TPSA) is 131 Å². The van der Waals surface area contributed by atoms with Gasteiger partial charge in [-0.05, 0) is 55.9 Å². The highest BCUT2D eigenvalue weighted by molar-refractivity contribution is 6.02. The summed E-state index contributed by atoms with van der Waals surface area (Å²) in [6.45, 7) is 9.70. The van der Waals surface area contributed by atoms with E-state index >= 15 is 0 Å². The highest BCUT2D eigenvalue weighted by atomic mass is 16.4. The number of aliphatic imine (C=N–C) groups is 1. The van der Waals surface area contributed by atoms with Crippen LogP contribution in [-0.2, 0) is 6.54 Å². The predicted octanol–water partition coefficient (Wildman–Crippen LogP) is 5.70. The van der Waals surface area contributed by atoms with Crippen molar-refractivity contribution in [3.8, 4) is 0 Å². The zero-order chi connectivity index (χ0) is 26.8. The average Bonchev–Trinajstić information content (AvgIpc) is 3.22. The first-order valence-electron chi connectivity index (χ1n) is 13.7. The summed E-state index contributed by atoms with van der Waals surface area (Å²) < 4.78 is 2.22. The zero-order valence-electron chi connectivity index (χ0n) is 22.2. The number of rotatable bonds is 8. The van der Waals surface area contributed by atoms with E-state index < -0.39 is 6.09 Å². The average molecular weight is 516 g/mol. The molecular formula is C29H37N7O2. The van der Waals surface area contributed by atoms with Gasteiger partial charge in [-0.25, -0.2) is 19.7 Å². The maximum absolute atomic E-state index is 11.2. The lowest BCUT2D eigenvalue weighted by molar-refractivity contribution is 0.205. The summed E-state index contributed by atoms with van der Waals surface area (Å²) in [6.07, 6.45) is 6.96. The van der Waals surface area contributed by atoms with Crippen molar-refractivity contribution >= 4 is 34.5 Å². The predicted molar refractivity (Wildman–Crippen MR) is 150 cm³/mol. The number of hydrogen-bond donors (Lipinski definition) is 3. The molecule has 0 spiro atoms. The number of nitrogens with zero attached hydrogens (tertiary/aromatic N) is 5. The van der Waals surface area contributed by atoms with Gasteiger partial charge in [0.15, 0.2) is 23.1 Å². The number of amides is 1. The first kappa shape index (κ1) is 25.9. The molecule has 5 rings (SSSR count). The van der Waals surface area contributed by atoms with Crippen molar-refractivity contribution in [1.82, 2.24) is 19.5 Å². The van der Waals surface area contributed by atoms with Crippen LogP contribution >= 0.6 is 0 Å². The van der Waals surface area contributed by atoms with Crippen LogP contribution in [-0.4, -0.2) is 42.6 Å². The van der Waals surface area contributed by atoms with Gasteiger partial charge >= 0.3 is 6.09 Å². The van der Waals surface area contributed by atoms with E-state index in [4.69, 9.17) is 20.8 Å². The van der Waals surface area contributed by atoms with Crippen LogP contribution in [0.5, 0.6) is 0 Å². The molecule has 9 heteroatoms. The lowest BCUT2D eigenvalue weighted by Crippen LogP contribution is -2.32. The Hall–Kier alpha value is -3.75. The first-order chi connectivity index (χ1) is 18.3. The van der Waals surface area contributed by atoms with Gasteiger partial charge in [0.2, 0.25) is 0 Å². The number of hydrogen-bond acceptors (Lipinski definition) is 5. The van der Waals surface area contributed by atoms with Crippen molar-refractivity contribution in [2.24, 2.45) is 28.5 Å². The Morgan fingerprint density at radius 3 is 2.50 bits per heavy atom. The van der Waals surface area contributed by atoms with E-state index in [1.54, 1.807) is 0 Å². The van der Waals surface area contributed by atoms with Crippen LogP contribution in [0, 0.1) is 17.8 Å². The third-order valence-electron chi connectivity index (χ3n) is 8.24. The molecule has 200 valence electrons. The molecule has 0 saturated heterocycles. The molecule has 2 fully saturated rings. The van der Waals surface area contributed by atoms with E-state index in [9.17, 15) is 4.79 Å². The van der Waals surface area contributed by atoms with Gasteiger partial charge in [0.05, 0.1) is 0 Å². The van der Waals surface area contributed by atoms with Gasteiger partial charge in [-0.2, -0.15) is 4.99 Å². The van der Waals surface area contributed by atoms with Gasteiger partial charge in [-0.1, -0.05) is 63.1 Å². The van der Waals surface area contributed by atoms with Crippen LogP contribution < -0.4 is 11.1 Å². The molecule has 0 bridgehead atoms. The van der Waals surface area contributed by atoms with E-state index in [1.165, 1.54) is 32.1 Å². The van der Waals surface area contributed by atoms with Gasteiger partial charge in [0.25, 0.3) is 0 Å². The number of aromatic nitrogens is 4. The lowest BCUT2D eigenvalue weighted by Gasteiger charge is -2.32. The molecule has 4 N–H and O–H groups in total. The minimum absolute atomic E-state index is 0.0521. The molecule has 2 aliphatic carbocycles. The van der Waals surface area contributed by atoms with E-state index in [2.05, 4.69) is 40.3 Å². The number of carboxylic acid groups (broad SMARTS) is 1. The molecule has 2 saturated carbocycles. The number of carbonyl (C=O) groups is 1. The Kier molecular flexibility index (Phi) is 7.44. The molecule has 0 unspecified atom stereocenters. The summed E-state index contributed by atoms with van der Waals surface area (Å²) in [5.74, 6) is 2.98. The fraction of sp³-hybridized carbons (Fsp3) is 0.483. The van der Waals surface area contributed by atoms with Crippen LogP contribution in [0.15, 0.2) is 41.9 Å². The molecule has 38 heavy (non-hydrogen) atoms. The Morgan fingerprint density at radius 1 is 1.16 bits per heavy atom. The molecular weight excluding hydrogens is 478 g/mol. The Morgan fingerprint density at radius 2 is 1.87 bits per heavy atom. The van der Waals surface area contributed by atoms with Gasteiger partial charge in [0.1, 0.15) is 11.3 Å². The van der Waals surface area contributed by atoms with Crippen molar-refractivity contribution in [1.29, 1.82) is 0 Å². The number of benzene rings is 1. The number of anilines is 1. The maximum Gasteiger partial charge on any atom is 0.433 e. The Balaban J connectivity index is 1.66. The molecule has 1 aromatic carbocycles. The molecule has 3 aromatic rings. The first-order valence-corrected chi connectivity index (χ1v) is 13.7. The molecule has 9 nitrogen and oxygen atoms in total. The highest BCUT2D eigenvalue weighted by Crippen LogP contribution is 2.36. The molecule has 1 atom stereocenters. The quantitative estimate of drug-likeness (QED) is 0.259. The smallest absolute Gasteiger partial charge is 0.433 e. The van der Waals surface area contributed by atoms with E-state index in [1.807, 2.05) is 30.3 Å². The molecule has 1 amide bonds. The number of imidazole rings is 1. The van der Waals surface area contributed by atoms with E-state index in [0.29, 0.717) is 23.3 Å². The van der Waals surface area contributed by atoms with E-state index in [0.717, 1.165) is 47.8 Å². The molecule has 2 aromatic heterocycles. The summed E-state index contributed by atoms with van der Waals surface area (Å²) in [4.78, 5) is 28.9. The van der Waals surface area contributed by atoms with Gasteiger partial charge in [-0.15, -0.1) is 0 Å². The summed E-state index contributed by atoms with van der Waals surface area (Å²) in [5.41, 5.74) is 9.05. The van der Waals surface area contributed by atoms with Crippen molar-refractivity contribution < 1.29 is 9.90 Å². The van der Waals surface area contributed by atoms with Crippen molar-refractivity contribution in [2.45, 2.75) is 71.4 Å². The SMILES string of the molecule is C=C(c1ccccc1)c1nc2nc(/C(N)=N/C(=O)O)nc(N[C@H](C)C3CCC3)c2n1CC1CCC(C)CC1. The standard InChI is InChI=1S/C29H37N7O2/c1-17-12-14-20(15-13-17)16-36-23-25(31-19(3)22-10-7-11-22)33-27(24(30)32-29(37)38)34-26(23)35-28(36)18(2)21-8-5-4-6-9-21/h4-6,8-9,17,19-20,22H,2,7,10-16H2,1,3H3,(H2,30,32)(H,37,38)(H,31,33,34)/t17?,19-,20?/m1/s1. The number of nitrogens with two attached hydrogens (primary N) is 1. The van der Waals surface area contributed by atoms with Crippen LogP contribution in [0.1, 0.15) is 76.0 Å². The van der Waals surface area contributed by atoms with Crippen molar-refractivity contribution in [3.63, 3.8) is 0 Å². The lowest BCUT2D eigenvalue weighted by atomic mass is 9.80. The van der Waals surface area contributed by atoms with Crippen molar-refractivity contribution in [3.05, 3.63) is 54.1 Å². The fourth-order valence-electron chi connectivity index (χ4n) is 5.62. The molecule has 2 aliphatic rings. The number of amidine groups is 1. The summed E-state index contributed by atoms with van der Waals surface area (Å²) in [5, 5.41) is 12.8.